The van der Waals surface area contributed by atoms with Crippen molar-refractivity contribution < 1.29 is 9.53 Å². The molecule has 1 atom stereocenters. The number of ether oxygens (including phenoxy) is 1. The van der Waals surface area contributed by atoms with Gasteiger partial charge in [0.05, 0.1) is 19.2 Å². The molecule has 6 nitrogen and oxygen atoms in total. The highest BCUT2D eigenvalue weighted by molar-refractivity contribution is 7.71. The van der Waals surface area contributed by atoms with Gasteiger partial charge in [0.15, 0.2) is 4.77 Å². The van der Waals surface area contributed by atoms with Crippen LogP contribution in [0.2, 0.25) is 0 Å². The molecule has 0 saturated carbocycles. The zero-order chi connectivity index (χ0) is 13.8. The molecule has 1 aromatic heterocycles. The van der Waals surface area contributed by atoms with E-state index in [0.29, 0.717) is 18.0 Å². The third-order valence-corrected chi connectivity index (χ3v) is 3.84. The van der Waals surface area contributed by atoms with E-state index in [4.69, 9.17) is 17.0 Å². The first-order valence-corrected chi connectivity index (χ1v) is 7.00. The lowest BCUT2D eigenvalue weighted by atomic mass is 9.99. The second-order valence-corrected chi connectivity index (χ2v) is 5.20. The maximum atomic E-state index is 11.8. The van der Waals surface area contributed by atoms with Crippen LogP contribution in [0.4, 0.5) is 0 Å². The number of rotatable bonds is 4. The van der Waals surface area contributed by atoms with Crippen LogP contribution in [0.5, 0.6) is 0 Å². The van der Waals surface area contributed by atoms with Crippen LogP contribution in [0.1, 0.15) is 19.8 Å². The number of hydrogen-bond donors (Lipinski definition) is 0. The molecule has 1 aromatic rings. The third kappa shape index (κ3) is 3.42. The van der Waals surface area contributed by atoms with Crippen molar-refractivity contribution in [2.75, 3.05) is 19.7 Å². The molecule has 1 aliphatic heterocycles. The Labute approximate surface area is 118 Å². The summed E-state index contributed by atoms with van der Waals surface area (Å²) in [5.41, 5.74) is 0. The van der Waals surface area contributed by atoms with E-state index in [-0.39, 0.29) is 11.9 Å². The standard InChI is InChI=1S/C12H20N4O2S/c1-3-18-11(17)10-5-4-6-15(7-10)9-16-12(19)14(2)8-13-16/h8,10H,3-7,9H2,1-2H3/t10-/m1/s1. The van der Waals surface area contributed by atoms with Crippen LogP contribution in [0.15, 0.2) is 6.33 Å². The lowest BCUT2D eigenvalue weighted by molar-refractivity contribution is -0.150. The highest BCUT2D eigenvalue weighted by Crippen LogP contribution is 2.18. The molecule has 0 aromatic carbocycles. The maximum absolute atomic E-state index is 11.8. The van der Waals surface area contributed by atoms with Crippen molar-refractivity contribution in [3.63, 3.8) is 0 Å². The number of likely N-dealkylation sites (tertiary alicyclic amines) is 1. The van der Waals surface area contributed by atoms with Gasteiger partial charge < -0.3 is 9.30 Å². The van der Waals surface area contributed by atoms with Crippen molar-refractivity contribution >= 4 is 18.2 Å². The van der Waals surface area contributed by atoms with E-state index in [1.807, 2.05) is 18.5 Å². The Morgan fingerprint density at radius 3 is 3.05 bits per heavy atom. The molecule has 0 spiro atoms. The molecule has 106 valence electrons. The fourth-order valence-electron chi connectivity index (χ4n) is 2.34. The number of piperidine rings is 1. The number of hydrogen-bond acceptors (Lipinski definition) is 5. The van der Waals surface area contributed by atoms with E-state index in [9.17, 15) is 4.79 Å². The van der Waals surface area contributed by atoms with Gasteiger partial charge in [0.2, 0.25) is 0 Å². The first kappa shape index (κ1) is 14.2. The van der Waals surface area contributed by atoms with Crippen LogP contribution < -0.4 is 0 Å². The van der Waals surface area contributed by atoms with Crippen molar-refractivity contribution in [1.82, 2.24) is 19.2 Å². The van der Waals surface area contributed by atoms with Crippen molar-refractivity contribution in [2.24, 2.45) is 13.0 Å². The number of esters is 1. The highest BCUT2D eigenvalue weighted by Gasteiger charge is 2.27. The van der Waals surface area contributed by atoms with Gasteiger partial charge in [-0.1, -0.05) is 0 Å². The molecule has 1 saturated heterocycles. The van der Waals surface area contributed by atoms with Crippen molar-refractivity contribution in [2.45, 2.75) is 26.4 Å². The maximum Gasteiger partial charge on any atom is 0.310 e. The summed E-state index contributed by atoms with van der Waals surface area (Å²) in [6.45, 7) is 4.60. The first-order valence-electron chi connectivity index (χ1n) is 6.59. The molecule has 2 heterocycles. The van der Waals surface area contributed by atoms with Gasteiger partial charge in [-0.3, -0.25) is 9.69 Å². The van der Waals surface area contributed by atoms with E-state index < -0.39 is 0 Å². The molecule has 1 fully saturated rings. The highest BCUT2D eigenvalue weighted by atomic mass is 32.1. The van der Waals surface area contributed by atoms with E-state index in [0.717, 1.165) is 25.9 Å². The molecule has 0 aliphatic carbocycles. The minimum Gasteiger partial charge on any atom is -0.466 e. The number of nitrogens with zero attached hydrogens (tertiary/aromatic N) is 4. The molecule has 0 radical (unpaired) electrons. The SMILES string of the molecule is CCOC(=O)[C@@H]1CCCN(Cn2ncn(C)c2=S)C1. The average Bonchev–Trinajstić information content (AvgIpc) is 2.71. The Balaban J connectivity index is 1.96. The monoisotopic (exact) mass is 284 g/mol. The third-order valence-electron chi connectivity index (χ3n) is 3.35. The minimum atomic E-state index is -0.0863. The van der Waals surface area contributed by atoms with Gasteiger partial charge >= 0.3 is 5.97 Å². The second kappa shape index (κ2) is 6.29. The minimum absolute atomic E-state index is 0.0217. The summed E-state index contributed by atoms with van der Waals surface area (Å²) >= 11 is 5.26. The lowest BCUT2D eigenvalue weighted by Gasteiger charge is -2.31. The second-order valence-electron chi connectivity index (χ2n) is 4.83. The topological polar surface area (TPSA) is 52.3 Å². The smallest absolute Gasteiger partial charge is 0.310 e. The lowest BCUT2D eigenvalue weighted by Crippen LogP contribution is -2.40. The summed E-state index contributed by atoms with van der Waals surface area (Å²) in [4.78, 5) is 14.0. The average molecular weight is 284 g/mol. The summed E-state index contributed by atoms with van der Waals surface area (Å²) in [6, 6.07) is 0. The number of carbonyl (C=O) groups excluding carboxylic acids is 1. The van der Waals surface area contributed by atoms with E-state index in [2.05, 4.69) is 10.00 Å². The van der Waals surface area contributed by atoms with Crippen LogP contribution >= 0.6 is 12.2 Å². The molecule has 0 N–H and O–H groups in total. The molecule has 2 rings (SSSR count). The quantitative estimate of drug-likeness (QED) is 0.614. The Morgan fingerprint density at radius 2 is 2.42 bits per heavy atom. The number of aromatic nitrogens is 3. The van der Waals surface area contributed by atoms with Gasteiger partial charge in [-0.2, -0.15) is 5.10 Å². The van der Waals surface area contributed by atoms with Gasteiger partial charge in [-0.15, -0.1) is 0 Å². The van der Waals surface area contributed by atoms with Crippen molar-refractivity contribution in [1.29, 1.82) is 0 Å². The van der Waals surface area contributed by atoms with Gasteiger partial charge in [-0.25, -0.2) is 4.68 Å². The summed E-state index contributed by atoms with van der Waals surface area (Å²) in [5.74, 6) is -0.108. The summed E-state index contributed by atoms with van der Waals surface area (Å²) in [7, 11) is 1.88. The predicted octanol–water partition coefficient (Wildman–Crippen LogP) is 1.18. The Morgan fingerprint density at radius 1 is 1.63 bits per heavy atom. The first-order chi connectivity index (χ1) is 9.11. The van der Waals surface area contributed by atoms with Gasteiger partial charge in [-0.05, 0) is 38.5 Å². The van der Waals surface area contributed by atoms with Gasteiger partial charge in [0, 0.05) is 13.6 Å². The van der Waals surface area contributed by atoms with Crippen molar-refractivity contribution in [3.05, 3.63) is 11.1 Å². The van der Waals surface area contributed by atoms with Crippen LogP contribution in [0, 0.1) is 10.7 Å². The summed E-state index contributed by atoms with van der Waals surface area (Å²) in [6.07, 6.45) is 3.61. The Hall–Kier alpha value is -1.21. The Kier molecular flexibility index (Phi) is 4.71. The molecular weight excluding hydrogens is 264 g/mol. The largest absolute Gasteiger partial charge is 0.466 e. The Bertz CT molecular complexity index is 496. The fourth-order valence-corrected chi connectivity index (χ4v) is 2.50. The van der Waals surface area contributed by atoms with Crippen LogP contribution in [0.25, 0.3) is 0 Å². The van der Waals surface area contributed by atoms with Crippen LogP contribution in [-0.2, 0) is 23.2 Å². The van der Waals surface area contributed by atoms with E-state index >= 15 is 0 Å². The fraction of sp³-hybridized carbons (Fsp3) is 0.750. The van der Waals surface area contributed by atoms with Crippen LogP contribution in [-0.4, -0.2) is 44.9 Å². The molecule has 0 bridgehead atoms. The molecular formula is C12H20N4O2S. The zero-order valence-electron chi connectivity index (χ0n) is 11.4. The molecule has 0 unspecified atom stereocenters. The van der Waals surface area contributed by atoms with Crippen LogP contribution in [0.3, 0.4) is 0 Å². The molecule has 1 aliphatic rings. The predicted molar refractivity (Wildman–Crippen MR) is 73.0 cm³/mol. The molecule has 19 heavy (non-hydrogen) atoms. The normalized spacial score (nSPS) is 20.4. The van der Waals surface area contributed by atoms with Gasteiger partial charge in [0.25, 0.3) is 0 Å². The van der Waals surface area contributed by atoms with E-state index in [1.165, 1.54) is 0 Å². The number of carbonyl (C=O) groups is 1. The molecule has 0 amide bonds. The van der Waals surface area contributed by atoms with E-state index in [1.54, 1.807) is 11.0 Å². The summed E-state index contributed by atoms with van der Waals surface area (Å²) < 4.78 is 9.38. The zero-order valence-corrected chi connectivity index (χ0v) is 12.2. The molecule has 7 heteroatoms. The summed E-state index contributed by atoms with van der Waals surface area (Å²) in [5, 5.41) is 4.23. The van der Waals surface area contributed by atoms with Crippen molar-refractivity contribution in [3.8, 4) is 0 Å². The number of aryl methyl sites for hydroxylation is 1. The van der Waals surface area contributed by atoms with Gasteiger partial charge in [0.1, 0.15) is 6.33 Å².